The number of halogens is 1. The number of carbonyl (C=O) groups is 2. The Bertz CT molecular complexity index is 1760. The Kier molecular flexibility index (Phi) is 18.3. The molecule has 0 N–H and O–H groups in total. The van der Waals surface area contributed by atoms with Crippen molar-refractivity contribution in [1.82, 2.24) is 9.97 Å². The molecule has 2 heterocycles. The fourth-order valence-corrected chi connectivity index (χ4v) is 5.43. The second-order valence-corrected chi connectivity index (χ2v) is 12.8. The van der Waals surface area contributed by atoms with Gasteiger partial charge in [-0.2, -0.15) is 0 Å². The van der Waals surface area contributed by atoms with E-state index in [-0.39, 0.29) is 23.6 Å². The lowest BCUT2D eigenvalue weighted by atomic mass is 9.78. The van der Waals surface area contributed by atoms with E-state index in [2.05, 4.69) is 49.1 Å². The van der Waals surface area contributed by atoms with E-state index < -0.39 is 29.6 Å². The average molecular weight is 843 g/mol. The van der Waals surface area contributed by atoms with Gasteiger partial charge in [-0.15, -0.1) is 0 Å². The molecule has 0 bridgehead atoms. The number of methoxy groups -OCH3 is 4. The van der Waals surface area contributed by atoms with E-state index in [1.54, 1.807) is 39.6 Å². The van der Waals surface area contributed by atoms with E-state index in [1.165, 1.54) is 19.6 Å². The molecule has 0 saturated carbocycles. The molecule has 284 valence electrons. The highest BCUT2D eigenvalue weighted by molar-refractivity contribution is 14.1. The van der Waals surface area contributed by atoms with Gasteiger partial charge in [-0.05, 0) is 53.0 Å². The highest BCUT2D eigenvalue weighted by Gasteiger charge is 2.39. The first kappa shape index (κ1) is 42.9. The van der Waals surface area contributed by atoms with Gasteiger partial charge in [0, 0.05) is 26.1 Å². The van der Waals surface area contributed by atoms with Gasteiger partial charge in [0.25, 0.3) is 0 Å². The highest BCUT2D eigenvalue weighted by atomic mass is 127. The molecule has 3 aromatic rings. The zero-order valence-corrected chi connectivity index (χ0v) is 33.2. The maximum atomic E-state index is 13.5. The van der Waals surface area contributed by atoms with Crippen LogP contribution >= 0.6 is 22.6 Å². The van der Waals surface area contributed by atoms with Crippen molar-refractivity contribution >= 4 is 34.5 Å². The van der Waals surface area contributed by atoms with Gasteiger partial charge < -0.3 is 37.3 Å². The molecule has 13 heteroatoms. The van der Waals surface area contributed by atoms with Crippen LogP contribution in [0.15, 0.2) is 92.2 Å². The fourth-order valence-electron chi connectivity index (χ4n) is 4.97. The van der Waals surface area contributed by atoms with Gasteiger partial charge in [-0.25, -0.2) is 19.6 Å². The second-order valence-electron chi connectivity index (χ2n) is 12.1. The van der Waals surface area contributed by atoms with Crippen molar-refractivity contribution in [2.24, 2.45) is 5.41 Å². The number of carbonyl (C=O) groups excluding carboxylic acids is 2. The van der Waals surface area contributed by atoms with Crippen molar-refractivity contribution in [2.45, 2.75) is 71.1 Å². The summed E-state index contributed by atoms with van der Waals surface area (Å²) in [6.07, 6.45) is 14.5. The molecule has 12 nitrogen and oxygen atoms in total. The Morgan fingerprint density at radius 2 is 1.47 bits per heavy atom. The normalized spacial score (nSPS) is 14.3. The van der Waals surface area contributed by atoms with Gasteiger partial charge in [0.2, 0.25) is 0 Å². The Hall–Kier alpha value is -4.49. The van der Waals surface area contributed by atoms with Crippen molar-refractivity contribution in [2.75, 3.05) is 28.4 Å². The molecule has 0 aliphatic heterocycles. The number of esters is 2. The number of aromatic nitrogens is 2. The molecule has 3 rings (SSSR count). The summed E-state index contributed by atoms with van der Waals surface area (Å²) in [5.74, 6) is 6.18. The van der Waals surface area contributed by atoms with Crippen LogP contribution in [0.5, 0.6) is 5.75 Å². The SMILES string of the molecule is C/C=C/[C@H](OCc1ccc(OC)cc1)C(C)(C)[C@H](C/C=C\C#C/C=C/[C@@H](Cc1nc(C(=O)OC)co1)OC)OC(=O)c1coc(C[C@H](/C=C/I)OC)n1. The van der Waals surface area contributed by atoms with Gasteiger partial charge in [0.15, 0.2) is 23.2 Å². The van der Waals surface area contributed by atoms with Gasteiger partial charge >= 0.3 is 11.9 Å². The first-order chi connectivity index (χ1) is 25.6. The zero-order valence-electron chi connectivity index (χ0n) is 31.1. The minimum Gasteiger partial charge on any atom is -0.497 e. The third-order valence-corrected chi connectivity index (χ3v) is 8.56. The molecule has 0 unspecified atom stereocenters. The van der Waals surface area contributed by atoms with Crippen LogP contribution in [0.4, 0.5) is 0 Å². The van der Waals surface area contributed by atoms with E-state index in [0.29, 0.717) is 37.7 Å². The van der Waals surface area contributed by atoms with Gasteiger partial charge in [-0.3, -0.25) is 0 Å². The average Bonchev–Trinajstić information content (AvgIpc) is 3.84. The van der Waals surface area contributed by atoms with Crippen LogP contribution in [0.2, 0.25) is 0 Å². The lowest BCUT2D eigenvalue weighted by molar-refractivity contribution is -0.0766. The molecular formula is C40H47IN2O10. The number of benzene rings is 1. The topological polar surface area (TPSA) is 142 Å². The number of nitrogens with zero attached hydrogens (tertiary/aromatic N) is 2. The van der Waals surface area contributed by atoms with Crippen LogP contribution in [-0.4, -0.2) is 74.8 Å². The molecule has 2 aromatic heterocycles. The molecule has 0 radical (unpaired) electrons. The Morgan fingerprint density at radius 3 is 2.04 bits per heavy atom. The number of hydrogen-bond acceptors (Lipinski definition) is 12. The van der Waals surface area contributed by atoms with E-state index in [0.717, 1.165) is 11.3 Å². The lowest BCUT2D eigenvalue weighted by Crippen LogP contribution is -2.43. The van der Waals surface area contributed by atoms with E-state index in [9.17, 15) is 9.59 Å². The Balaban J connectivity index is 1.76. The molecule has 0 fully saturated rings. The zero-order chi connectivity index (χ0) is 38.6. The van der Waals surface area contributed by atoms with Gasteiger partial charge in [0.1, 0.15) is 24.4 Å². The van der Waals surface area contributed by atoms with Crippen LogP contribution in [0.1, 0.15) is 65.5 Å². The second kappa shape index (κ2) is 22.5. The third-order valence-electron chi connectivity index (χ3n) is 8.15. The monoisotopic (exact) mass is 842 g/mol. The smallest absolute Gasteiger partial charge is 0.360 e. The number of hydrogen-bond donors (Lipinski definition) is 0. The maximum Gasteiger partial charge on any atom is 0.360 e. The predicted octanol–water partition coefficient (Wildman–Crippen LogP) is 7.44. The molecule has 0 aliphatic rings. The largest absolute Gasteiger partial charge is 0.497 e. The van der Waals surface area contributed by atoms with Crippen LogP contribution in [0.3, 0.4) is 0 Å². The summed E-state index contributed by atoms with van der Waals surface area (Å²) in [6, 6.07) is 7.66. The summed E-state index contributed by atoms with van der Waals surface area (Å²) in [7, 11) is 6.05. The van der Waals surface area contributed by atoms with Crippen LogP contribution in [-0.2, 0) is 43.1 Å². The Morgan fingerprint density at radius 1 is 0.868 bits per heavy atom. The van der Waals surface area contributed by atoms with Gasteiger partial charge in [-0.1, -0.05) is 78.6 Å². The first-order valence-electron chi connectivity index (χ1n) is 16.8. The predicted molar refractivity (Wildman–Crippen MR) is 207 cm³/mol. The van der Waals surface area contributed by atoms with Crippen molar-refractivity contribution in [3.8, 4) is 17.6 Å². The lowest BCUT2D eigenvalue weighted by Gasteiger charge is -2.38. The van der Waals surface area contributed by atoms with Gasteiger partial charge in [0.05, 0.1) is 52.0 Å². The maximum absolute atomic E-state index is 13.5. The highest BCUT2D eigenvalue weighted by Crippen LogP contribution is 2.34. The summed E-state index contributed by atoms with van der Waals surface area (Å²) >= 11 is 2.11. The molecular weight excluding hydrogens is 795 g/mol. The quantitative estimate of drug-likeness (QED) is 0.0483. The van der Waals surface area contributed by atoms with E-state index in [1.807, 2.05) is 73.4 Å². The number of oxazole rings is 2. The molecule has 0 spiro atoms. The molecule has 53 heavy (non-hydrogen) atoms. The summed E-state index contributed by atoms with van der Waals surface area (Å²) in [6.45, 7) is 6.24. The fraction of sp³-hybridized carbons (Fsp3) is 0.400. The van der Waals surface area contributed by atoms with Crippen LogP contribution < -0.4 is 4.74 Å². The molecule has 0 aliphatic carbocycles. The molecule has 0 amide bonds. The summed E-state index contributed by atoms with van der Waals surface area (Å²) in [5, 5.41) is 0. The van der Waals surface area contributed by atoms with E-state index >= 15 is 0 Å². The number of allylic oxidation sites excluding steroid dienone is 3. The summed E-state index contributed by atoms with van der Waals surface area (Å²) in [4.78, 5) is 33.6. The first-order valence-corrected chi connectivity index (χ1v) is 18.0. The summed E-state index contributed by atoms with van der Waals surface area (Å²) in [5.41, 5.74) is 0.412. The summed E-state index contributed by atoms with van der Waals surface area (Å²) < 4.78 is 46.2. The minimum absolute atomic E-state index is 0.0590. The molecule has 0 saturated heterocycles. The van der Waals surface area contributed by atoms with Crippen molar-refractivity contribution in [3.63, 3.8) is 0 Å². The minimum atomic E-state index is -0.704. The van der Waals surface area contributed by atoms with Crippen molar-refractivity contribution in [3.05, 3.63) is 112 Å². The molecule has 4 atom stereocenters. The van der Waals surface area contributed by atoms with Crippen molar-refractivity contribution in [1.29, 1.82) is 0 Å². The standard InChI is InChI=1S/C40H47IN2O10/c1-8-14-34(50-25-28-17-19-29(46-4)20-18-28)40(2,3)35(53-39(45)33-27-52-37(43-33)24-31(48-6)21-22-41)16-13-11-9-10-12-15-30(47-5)23-36-42-32(26-51-36)38(44)49-7/h8,11-15,17-22,26-27,30-31,34-35H,16,23-25H2,1-7H3/b13-11-,14-8+,15-12+,22-21+/t30-,31-,34-,35-/m0/s1. The number of rotatable bonds is 20. The van der Waals surface area contributed by atoms with Crippen LogP contribution in [0.25, 0.3) is 0 Å². The van der Waals surface area contributed by atoms with Crippen molar-refractivity contribution < 1.29 is 46.8 Å². The third kappa shape index (κ3) is 13.8. The van der Waals surface area contributed by atoms with Crippen LogP contribution in [0, 0.1) is 17.3 Å². The van der Waals surface area contributed by atoms with E-state index in [4.69, 9.17) is 32.5 Å². The Labute approximate surface area is 324 Å². The molecule has 1 aromatic carbocycles. The number of ether oxygens (including phenoxy) is 6.